The van der Waals surface area contributed by atoms with E-state index in [9.17, 15) is 0 Å². The van der Waals surface area contributed by atoms with Gasteiger partial charge < -0.3 is 9.47 Å². The number of fused-ring (bicyclic) bond motifs is 7. The summed E-state index contributed by atoms with van der Waals surface area (Å²) in [4.78, 5) is 2.38. The van der Waals surface area contributed by atoms with E-state index >= 15 is 0 Å². The standard InChI is InChI=1S/C59H40N2/c1-59(2)52-20-9-8-17-46(52)47-32-31-45(36-53(47)59)60(42-15-4-3-5-16-42)43-27-22-37(23-28-43)38-24-29-44(30-25-38)61-54-21-11-19-49-51-35-41-13-7-6-12-40(41)34-50(51)48-18-10-14-39-26-33-55(61)58(56(39)48)57(49)54/h3-36H,1-2H3. The summed E-state index contributed by atoms with van der Waals surface area (Å²) in [7, 11) is 0. The maximum absolute atomic E-state index is 2.47. The molecule has 10 aromatic carbocycles. The van der Waals surface area contributed by atoms with Gasteiger partial charge in [-0.2, -0.15) is 0 Å². The van der Waals surface area contributed by atoms with Crippen LogP contribution in [-0.2, 0) is 5.41 Å². The number of hydrogen-bond donors (Lipinski definition) is 0. The van der Waals surface area contributed by atoms with Gasteiger partial charge >= 0.3 is 0 Å². The van der Waals surface area contributed by atoms with Crippen LogP contribution in [0.25, 0.3) is 93.5 Å². The highest BCUT2D eigenvalue weighted by molar-refractivity contribution is 6.30. The molecule has 0 aliphatic heterocycles. The zero-order chi connectivity index (χ0) is 40.4. The molecule has 0 fully saturated rings. The number of benzene rings is 10. The van der Waals surface area contributed by atoms with Crippen molar-refractivity contribution in [1.82, 2.24) is 4.57 Å². The molecule has 2 nitrogen and oxygen atoms in total. The molecule has 11 aromatic rings. The SMILES string of the molecule is CC1(C)c2ccccc2-c2ccc(N(c3ccccc3)c3ccc(-c4ccc(-n5c6cccc7c6c6c8c(cccc8ccc65)-c5cc6ccccc6cc5-7)cc4)cc3)cc21. The first-order valence-electron chi connectivity index (χ1n) is 21.3. The fourth-order valence-corrected chi connectivity index (χ4v) is 10.8. The molecule has 0 radical (unpaired) electrons. The Labute approximate surface area is 355 Å². The summed E-state index contributed by atoms with van der Waals surface area (Å²) in [5, 5.41) is 7.80. The Bertz CT molecular complexity index is 3590. The van der Waals surface area contributed by atoms with Gasteiger partial charge in [0.05, 0.1) is 11.0 Å². The van der Waals surface area contributed by atoms with E-state index in [2.05, 4.69) is 230 Å². The molecule has 13 rings (SSSR count). The molecule has 1 heterocycles. The summed E-state index contributed by atoms with van der Waals surface area (Å²) in [6.07, 6.45) is 0. The fraction of sp³-hybridized carbons (Fsp3) is 0.0508. The molecule has 286 valence electrons. The van der Waals surface area contributed by atoms with Crippen LogP contribution in [0.1, 0.15) is 25.0 Å². The number of para-hydroxylation sites is 1. The van der Waals surface area contributed by atoms with Gasteiger partial charge in [-0.25, -0.2) is 0 Å². The van der Waals surface area contributed by atoms with E-state index in [1.807, 2.05) is 0 Å². The largest absolute Gasteiger partial charge is 0.310 e. The molecule has 0 unspecified atom stereocenters. The van der Waals surface area contributed by atoms with E-state index in [4.69, 9.17) is 0 Å². The lowest BCUT2D eigenvalue weighted by Crippen LogP contribution is -2.16. The average Bonchev–Trinajstić information content (AvgIpc) is 3.73. The van der Waals surface area contributed by atoms with Crippen molar-refractivity contribution in [3.05, 3.63) is 217 Å². The normalized spacial score (nSPS) is 13.2. The summed E-state index contributed by atoms with van der Waals surface area (Å²) >= 11 is 0. The summed E-state index contributed by atoms with van der Waals surface area (Å²) < 4.78 is 2.47. The van der Waals surface area contributed by atoms with Crippen molar-refractivity contribution in [2.24, 2.45) is 0 Å². The van der Waals surface area contributed by atoms with Crippen LogP contribution >= 0.6 is 0 Å². The van der Waals surface area contributed by atoms with Crippen molar-refractivity contribution in [2.75, 3.05) is 4.90 Å². The van der Waals surface area contributed by atoms with Crippen molar-refractivity contribution in [3.63, 3.8) is 0 Å². The smallest absolute Gasteiger partial charge is 0.0547 e. The molecular weight excluding hydrogens is 737 g/mol. The van der Waals surface area contributed by atoms with Crippen LogP contribution in [0, 0.1) is 0 Å². The maximum atomic E-state index is 2.47. The van der Waals surface area contributed by atoms with E-state index < -0.39 is 0 Å². The third-order valence-corrected chi connectivity index (χ3v) is 13.7. The number of rotatable bonds is 5. The minimum Gasteiger partial charge on any atom is -0.310 e. The van der Waals surface area contributed by atoms with E-state index in [1.54, 1.807) is 0 Å². The van der Waals surface area contributed by atoms with Crippen LogP contribution < -0.4 is 4.90 Å². The van der Waals surface area contributed by atoms with Gasteiger partial charge in [-0.15, -0.1) is 0 Å². The Morgan fingerprint density at radius 3 is 1.66 bits per heavy atom. The molecule has 61 heavy (non-hydrogen) atoms. The molecule has 0 bridgehead atoms. The fourth-order valence-electron chi connectivity index (χ4n) is 10.8. The van der Waals surface area contributed by atoms with Gasteiger partial charge in [-0.3, -0.25) is 0 Å². The second kappa shape index (κ2) is 12.7. The minimum atomic E-state index is -0.0746. The topological polar surface area (TPSA) is 8.17 Å². The third-order valence-electron chi connectivity index (χ3n) is 13.7. The van der Waals surface area contributed by atoms with Crippen LogP contribution in [0.15, 0.2) is 206 Å². The van der Waals surface area contributed by atoms with Crippen molar-refractivity contribution in [2.45, 2.75) is 19.3 Å². The van der Waals surface area contributed by atoms with Crippen molar-refractivity contribution in [1.29, 1.82) is 0 Å². The van der Waals surface area contributed by atoms with Gasteiger partial charge in [0.1, 0.15) is 0 Å². The van der Waals surface area contributed by atoms with Gasteiger partial charge in [0, 0.05) is 38.9 Å². The maximum Gasteiger partial charge on any atom is 0.0547 e. The number of anilines is 3. The Morgan fingerprint density at radius 2 is 0.902 bits per heavy atom. The molecule has 0 atom stereocenters. The zero-order valence-electron chi connectivity index (χ0n) is 34.0. The summed E-state index contributed by atoms with van der Waals surface area (Å²) in [5.41, 5.74) is 20.0. The average molecular weight is 777 g/mol. The molecule has 1 aromatic heterocycles. The lowest BCUT2D eigenvalue weighted by molar-refractivity contribution is 0.660. The molecule has 0 amide bonds. The Balaban J connectivity index is 0.901. The highest BCUT2D eigenvalue weighted by atomic mass is 15.1. The summed E-state index contributed by atoms with van der Waals surface area (Å²) in [6, 6.07) is 76.6. The van der Waals surface area contributed by atoms with Gasteiger partial charge in [0.15, 0.2) is 0 Å². The van der Waals surface area contributed by atoms with Gasteiger partial charge in [-0.05, 0) is 150 Å². The Morgan fingerprint density at radius 1 is 0.344 bits per heavy atom. The van der Waals surface area contributed by atoms with Gasteiger partial charge in [0.2, 0.25) is 0 Å². The number of aromatic nitrogens is 1. The lowest BCUT2D eigenvalue weighted by atomic mass is 9.82. The predicted molar refractivity (Wildman–Crippen MR) is 258 cm³/mol. The first-order valence-corrected chi connectivity index (χ1v) is 21.3. The molecule has 0 saturated heterocycles. The van der Waals surface area contributed by atoms with E-state index in [-0.39, 0.29) is 5.41 Å². The van der Waals surface area contributed by atoms with E-state index in [0.717, 1.165) is 22.7 Å². The zero-order valence-corrected chi connectivity index (χ0v) is 34.0. The first kappa shape index (κ1) is 34.2. The Kier molecular flexibility index (Phi) is 7.10. The van der Waals surface area contributed by atoms with Crippen LogP contribution in [0.4, 0.5) is 17.1 Å². The summed E-state index contributed by atoms with van der Waals surface area (Å²) in [6.45, 7) is 4.70. The molecule has 0 saturated carbocycles. The second-order valence-electron chi connectivity index (χ2n) is 17.3. The Hall–Kier alpha value is -7.68. The number of hydrogen-bond acceptors (Lipinski definition) is 1. The van der Waals surface area contributed by atoms with Gasteiger partial charge in [0.25, 0.3) is 0 Å². The van der Waals surface area contributed by atoms with Crippen molar-refractivity contribution >= 4 is 60.4 Å². The second-order valence-corrected chi connectivity index (χ2v) is 17.3. The number of nitrogens with zero attached hydrogens (tertiary/aromatic N) is 2. The molecule has 2 heteroatoms. The van der Waals surface area contributed by atoms with Gasteiger partial charge in [-0.1, -0.05) is 147 Å². The lowest BCUT2D eigenvalue weighted by Gasteiger charge is -2.28. The van der Waals surface area contributed by atoms with Crippen molar-refractivity contribution in [3.8, 4) is 50.2 Å². The van der Waals surface area contributed by atoms with Crippen LogP contribution in [0.3, 0.4) is 0 Å². The van der Waals surface area contributed by atoms with E-state index in [1.165, 1.54) is 99.0 Å². The van der Waals surface area contributed by atoms with E-state index in [0.29, 0.717) is 0 Å². The monoisotopic (exact) mass is 776 g/mol. The first-order chi connectivity index (χ1) is 30.0. The van der Waals surface area contributed by atoms with Crippen LogP contribution in [-0.4, -0.2) is 4.57 Å². The summed E-state index contributed by atoms with van der Waals surface area (Å²) in [5.74, 6) is 0. The predicted octanol–water partition coefficient (Wildman–Crippen LogP) is 16.2. The molecule has 2 aliphatic carbocycles. The highest BCUT2D eigenvalue weighted by Gasteiger charge is 2.36. The van der Waals surface area contributed by atoms with Crippen LogP contribution in [0.2, 0.25) is 0 Å². The minimum absolute atomic E-state index is 0.0746. The molecular formula is C59H40N2. The molecule has 0 spiro atoms. The third kappa shape index (κ3) is 4.91. The van der Waals surface area contributed by atoms with Crippen LogP contribution in [0.5, 0.6) is 0 Å². The van der Waals surface area contributed by atoms with Crippen molar-refractivity contribution < 1.29 is 0 Å². The highest BCUT2D eigenvalue weighted by Crippen LogP contribution is 2.52. The quantitative estimate of drug-likeness (QED) is 0.169. The molecule has 2 aliphatic rings. The molecule has 0 N–H and O–H groups in total.